The molecule has 1 atom stereocenters. The molecule has 0 N–H and O–H groups in total. The fourth-order valence-electron chi connectivity index (χ4n) is 2.12. The Labute approximate surface area is 115 Å². The van der Waals surface area contributed by atoms with Crippen molar-refractivity contribution in [2.75, 3.05) is 6.61 Å². The summed E-state index contributed by atoms with van der Waals surface area (Å²) in [6.45, 7) is 5.68. The van der Waals surface area contributed by atoms with E-state index < -0.39 is 0 Å². The second kappa shape index (κ2) is 7.07. The highest BCUT2D eigenvalue weighted by atomic mass is 16.7. The average molecular weight is 255 g/mol. The van der Waals surface area contributed by atoms with Crippen LogP contribution in [0.1, 0.15) is 31.0 Å². The molecule has 0 spiro atoms. The van der Waals surface area contributed by atoms with E-state index in [1.54, 1.807) is 0 Å². The SMILES string of the molecule is CCON(Cc1ccccc1)[C@@H](C)c1ccccc1. The van der Waals surface area contributed by atoms with E-state index in [2.05, 4.69) is 55.5 Å². The second-order valence-corrected chi connectivity index (χ2v) is 4.57. The molecular formula is C17H21NO. The van der Waals surface area contributed by atoms with Crippen molar-refractivity contribution in [1.82, 2.24) is 5.06 Å². The molecule has 0 aromatic heterocycles. The molecule has 0 unspecified atom stereocenters. The molecule has 0 fully saturated rings. The highest BCUT2D eigenvalue weighted by molar-refractivity contribution is 5.19. The zero-order chi connectivity index (χ0) is 13.5. The molecule has 0 radical (unpaired) electrons. The molecule has 0 saturated heterocycles. The van der Waals surface area contributed by atoms with Gasteiger partial charge in [0.05, 0.1) is 12.6 Å². The molecule has 0 aliphatic carbocycles. The second-order valence-electron chi connectivity index (χ2n) is 4.57. The van der Waals surface area contributed by atoms with E-state index in [0.717, 1.165) is 6.54 Å². The minimum Gasteiger partial charge on any atom is -0.298 e. The van der Waals surface area contributed by atoms with Crippen molar-refractivity contribution < 1.29 is 4.84 Å². The molecule has 0 aliphatic heterocycles. The van der Waals surface area contributed by atoms with Crippen molar-refractivity contribution >= 4 is 0 Å². The average Bonchev–Trinajstić information content (AvgIpc) is 2.48. The van der Waals surface area contributed by atoms with Gasteiger partial charge >= 0.3 is 0 Å². The predicted octanol–water partition coefficient (Wildman–Crippen LogP) is 4.20. The van der Waals surface area contributed by atoms with Crippen LogP contribution < -0.4 is 0 Å². The largest absolute Gasteiger partial charge is 0.298 e. The molecule has 2 rings (SSSR count). The molecule has 0 saturated carbocycles. The van der Waals surface area contributed by atoms with Gasteiger partial charge in [-0.2, -0.15) is 5.06 Å². The van der Waals surface area contributed by atoms with Gasteiger partial charge in [0.15, 0.2) is 0 Å². The molecule has 0 bridgehead atoms. The minimum atomic E-state index is 0.237. The van der Waals surface area contributed by atoms with Crippen molar-refractivity contribution in [3.05, 3.63) is 71.8 Å². The van der Waals surface area contributed by atoms with Crippen molar-refractivity contribution in [3.63, 3.8) is 0 Å². The van der Waals surface area contributed by atoms with Gasteiger partial charge < -0.3 is 0 Å². The zero-order valence-corrected chi connectivity index (χ0v) is 11.6. The lowest BCUT2D eigenvalue weighted by Gasteiger charge is -2.28. The Morgan fingerprint density at radius 3 is 2.11 bits per heavy atom. The maximum absolute atomic E-state index is 5.80. The van der Waals surface area contributed by atoms with E-state index in [1.807, 2.05) is 24.1 Å². The summed E-state index contributed by atoms with van der Waals surface area (Å²) in [6, 6.07) is 21.1. The predicted molar refractivity (Wildman–Crippen MR) is 78.5 cm³/mol. The van der Waals surface area contributed by atoms with Gasteiger partial charge in [-0.25, -0.2) is 0 Å². The van der Waals surface area contributed by atoms with Crippen LogP contribution in [0.2, 0.25) is 0 Å². The van der Waals surface area contributed by atoms with Crippen LogP contribution in [0, 0.1) is 0 Å². The molecule has 0 aliphatic rings. The van der Waals surface area contributed by atoms with Gasteiger partial charge in [-0.1, -0.05) is 60.7 Å². The third kappa shape index (κ3) is 3.91. The van der Waals surface area contributed by atoms with Gasteiger partial charge in [0.1, 0.15) is 0 Å². The topological polar surface area (TPSA) is 12.5 Å². The van der Waals surface area contributed by atoms with Crippen LogP contribution in [-0.4, -0.2) is 11.7 Å². The number of hydroxylamine groups is 2. The van der Waals surface area contributed by atoms with Crippen molar-refractivity contribution in [3.8, 4) is 0 Å². The first-order valence-corrected chi connectivity index (χ1v) is 6.79. The van der Waals surface area contributed by atoms with Crippen LogP contribution >= 0.6 is 0 Å². The van der Waals surface area contributed by atoms with E-state index >= 15 is 0 Å². The summed E-state index contributed by atoms with van der Waals surface area (Å²) in [6.07, 6.45) is 0. The van der Waals surface area contributed by atoms with Gasteiger partial charge in [-0.15, -0.1) is 0 Å². The summed E-state index contributed by atoms with van der Waals surface area (Å²) in [5, 5.41) is 2.05. The first-order valence-electron chi connectivity index (χ1n) is 6.79. The fraction of sp³-hybridized carbons (Fsp3) is 0.294. The summed E-state index contributed by atoms with van der Waals surface area (Å²) in [5.74, 6) is 0. The van der Waals surface area contributed by atoms with Crippen LogP contribution in [0.15, 0.2) is 60.7 Å². The summed E-state index contributed by atoms with van der Waals surface area (Å²) >= 11 is 0. The zero-order valence-electron chi connectivity index (χ0n) is 11.6. The number of hydrogen-bond acceptors (Lipinski definition) is 2. The molecule has 0 amide bonds. The summed E-state index contributed by atoms with van der Waals surface area (Å²) in [4.78, 5) is 5.80. The maximum Gasteiger partial charge on any atom is 0.0657 e. The molecule has 100 valence electrons. The number of rotatable bonds is 6. The molecular weight excluding hydrogens is 234 g/mol. The van der Waals surface area contributed by atoms with Crippen molar-refractivity contribution in [2.24, 2.45) is 0 Å². The number of hydrogen-bond donors (Lipinski definition) is 0. The van der Waals surface area contributed by atoms with Crippen LogP contribution in [0.25, 0.3) is 0 Å². The smallest absolute Gasteiger partial charge is 0.0657 e. The molecule has 0 heterocycles. The quantitative estimate of drug-likeness (QED) is 0.717. The van der Waals surface area contributed by atoms with Crippen LogP contribution in [0.4, 0.5) is 0 Å². The number of nitrogens with zero attached hydrogens (tertiary/aromatic N) is 1. The van der Waals surface area contributed by atoms with Crippen LogP contribution in [-0.2, 0) is 11.4 Å². The third-order valence-corrected chi connectivity index (χ3v) is 3.19. The van der Waals surface area contributed by atoms with E-state index in [1.165, 1.54) is 11.1 Å². The Kier molecular flexibility index (Phi) is 5.13. The van der Waals surface area contributed by atoms with Gasteiger partial charge in [0.25, 0.3) is 0 Å². The Balaban J connectivity index is 2.11. The van der Waals surface area contributed by atoms with Gasteiger partial charge in [0, 0.05) is 6.54 Å². The maximum atomic E-state index is 5.80. The lowest BCUT2D eigenvalue weighted by Crippen LogP contribution is -2.27. The summed E-state index contributed by atoms with van der Waals surface area (Å²) in [5.41, 5.74) is 2.53. The molecule has 19 heavy (non-hydrogen) atoms. The first-order chi connectivity index (χ1) is 9.31. The lowest BCUT2D eigenvalue weighted by molar-refractivity contribution is -0.188. The monoisotopic (exact) mass is 255 g/mol. The standard InChI is InChI=1S/C17H21NO/c1-3-19-18(14-16-10-6-4-7-11-16)15(2)17-12-8-5-9-13-17/h4-13,15H,3,14H2,1-2H3/t15-/m0/s1. The van der Waals surface area contributed by atoms with E-state index in [-0.39, 0.29) is 6.04 Å². The normalized spacial score (nSPS) is 12.6. The van der Waals surface area contributed by atoms with Gasteiger partial charge in [-0.3, -0.25) is 4.84 Å². The Morgan fingerprint density at radius 2 is 1.53 bits per heavy atom. The van der Waals surface area contributed by atoms with E-state index in [0.29, 0.717) is 6.61 Å². The van der Waals surface area contributed by atoms with E-state index in [4.69, 9.17) is 4.84 Å². The molecule has 2 aromatic rings. The third-order valence-electron chi connectivity index (χ3n) is 3.19. The highest BCUT2D eigenvalue weighted by Crippen LogP contribution is 2.22. The van der Waals surface area contributed by atoms with Crippen LogP contribution in [0.3, 0.4) is 0 Å². The molecule has 2 aromatic carbocycles. The van der Waals surface area contributed by atoms with Gasteiger partial charge in [-0.05, 0) is 25.0 Å². The Hall–Kier alpha value is -1.64. The van der Waals surface area contributed by atoms with Crippen LogP contribution in [0.5, 0.6) is 0 Å². The van der Waals surface area contributed by atoms with E-state index in [9.17, 15) is 0 Å². The Bertz CT molecular complexity index is 469. The van der Waals surface area contributed by atoms with Gasteiger partial charge in [0.2, 0.25) is 0 Å². The van der Waals surface area contributed by atoms with Crippen molar-refractivity contribution in [2.45, 2.75) is 26.4 Å². The highest BCUT2D eigenvalue weighted by Gasteiger charge is 2.16. The summed E-state index contributed by atoms with van der Waals surface area (Å²) < 4.78 is 0. The summed E-state index contributed by atoms with van der Waals surface area (Å²) in [7, 11) is 0. The molecule has 2 heteroatoms. The number of benzene rings is 2. The Morgan fingerprint density at radius 1 is 0.947 bits per heavy atom. The fourth-order valence-corrected chi connectivity index (χ4v) is 2.12. The first kappa shape index (κ1) is 13.8. The lowest BCUT2D eigenvalue weighted by atomic mass is 10.1. The van der Waals surface area contributed by atoms with Crippen molar-refractivity contribution in [1.29, 1.82) is 0 Å². The minimum absolute atomic E-state index is 0.237. The molecule has 2 nitrogen and oxygen atoms in total.